The van der Waals surface area contributed by atoms with Crippen molar-refractivity contribution in [1.29, 1.82) is 0 Å². The van der Waals surface area contributed by atoms with Gasteiger partial charge in [0.2, 0.25) is 11.8 Å². The summed E-state index contributed by atoms with van der Waals surface area (Å²) in [5.74, 6) is -0.640. The van der Waals surface area contributed by atoms with Gasteiger partial charge in [-0.2, -0.15) is 0 Å². The van der Waals surface area contributed by atoms with Crippen molar-refractivity contribution >= 4 is 17.9 Å². The Bertz CT molecular complexity index is 1700. The quantitative estimate of drug-likeness (QED) is 0.142. The molecule has 0 radical (unpaired) electrons. The van der Waals surface area contributed by atoms with E-state index < -0.39 is 18.0 Å². The molecule has 1 aromatic heterocycles. The number of ether oxygens (including phenoxy) is 1. The largest absolute Gasteiger partial charge is 0.445 e. The van der Waals surface area contributed by atoms with Crippen molar-refractivity contribution in [2.24, 2.45) is 0 Å². The number of carbonyl (C=O) groups is 3. The van der Waals surface area contributed by atoms with E-state index in [2.05, 4.69) is 20.6 Å². The van der Waals surface area contributed by atoms with Crippen LogP contribution >= 0.6 is 0 Å². The van der Waals surface area contributed by atoms with Crippen LogP contribution in [0.5, 0.6) is 0 Å². The number of hydrogen-bond donors (Lipinski definition) is 3. The van der Waals surface area contributed by atoms with Gasteiger partial charge in [-0.05, 0) is 33.7 Å². The Morgan fingerprint density at radius 2 is 1.45 bits per heavy atom. The van der Waals surface area contributed by atoms with Crippen molar-refractivity contribution in [3.63, 3.8) is 0 Å². The van der Waals surface area contributed by atoms with Gasteiger partial charge in [-0.25, -0.2) is 9.78 Å². The SMILES string of the molecule is CC(CNC(=O)CN(Cc1ccc(-c2ccccc2)cc1)C(=O)[C@H](Cc1c[nH]cn1)NC(=O)OCc1ccccc1)c1ccccc1. The number of imidazole rings is 1. The fourth-order valence-electron chi connectivity index (χ4n) is 5.20. The monoisotopic (exact) mass is 629 g/mol. The highest BCUT2D eigenvalue weighted by Crippen LogP contribution is 2.20. The van der Waals surface area contributed by atoms with E-state index in [1.807, 2.05) is 122 Å². The van der Waals surface area contributed by atoms with E-state index in [1.165, 1.54) is 11.2 Å². The lowest BCUT2D eigenvalue weighted by Crippen LogP contribution is -2.52. The fraction of sp³-hybridized carbons (Fsp3) is 0.211. The highest BCUT2D eigenvalue weighted by molar-refractivity contribution is 5.89. The number of aromatic amines is 1. The van der Waals surface area contributed by atoms with Gasteiger partial charge in [0.15, 0.2) is 0 Å². The van der Waals surface area contributed by atoms with Crippen LogP contribution in [0.2, 0.25) is 0 Å². The third kappa shape index (κ3) is 9.89. The third-order valence-electron chi connectivity index (χ3n) is 7.83. The van der Waals surface area contributed by atoms with Crippen LogP contribution in [0.25, 0.3) is 11.1 Å². The van der Waals surface area contributed by atoms with Crippen LogP contribution in [-0.2, 0) is 33.9 Å². The maximum Gasteiger partial charge on any atom is 0.408 e. The van der Waals surface area contributed by atoms with Crippen LogP contribution < -0.4 is 10.6 Å². The van der Waals surface area contributed by atoms with Gasteiger partial charge in [-0.1, -0.05) is 122 Å². The summed E-state index contributed by atoms with van der Waals surface area (Å²) in [6.07, 6.45) is 2.55. The summed E-state index contributed by atoms with van der Waals surface area (Å²) in [6, 6.07) is 36.1. The Hall–Kier alpha value is -5.70. The van der Waals surface area contributed by atoms with Crippen molar-refractivity contribution in [2.75, 3.05) is 13.1 Å². The molecule has 0 aliphatic heterocycles. The van der Waals surface area contributed by atoms with Gasteiger partial charge in [-0.15, -0.1) is 0 Å². The topological polar surface area (TPSA) is 116 Å². The minimum absolute atomic E-state index is 0.0511. The van der Waals surface area contributed by atoms with E-state index in [4.69, 9.17) is 4.74 Å². The molecule has 3 N–H and O–H groups in total. The first kappa shape index (κ1) is 32.7. The summed E-state index contributed by atoms with van der Waals surface area (Å²) in [5, 5.41) is 5.71. The second-order valence-corrected chi connectivity index (χ2v) is 11.4. The van der Waals surface area contributed by atoms with Gasteiger partial charge in [0.05, 0.1) is 18.6 Å². The average Bonchev–Trinajstić information content (AvgIpc) is 3.63. The summed E-state index contributed by atoms with van der Waals surface area (Å²) in [5.41, 5.74) is 5.47. The Labute approximate surface area is 275 Å². The summed E-state index contributed by atoms with van der Waals surface area (Å²) >= 11 is 0. The van der Waals surface area contributed by atoms with E-state index in [9.17, 15) is 14.4 Å². The zero-order valence-corrected chi connectivity index (χ0v) is 26.3. The normalized spacial score (nSPS) is 12.0. The molecule has 9 heteroatoms. The number of aromatic nitrogens is 2. The third-order valence-corrected chi connectivity index (χ3v) is 7.83. The standard InChI is InChI=1S/C38H39N5O4/c1-28(31-13-7-3-8-14-31)22-40-36(44)25-43(24-29-17-19-33(20-18-29)32-15-9-4-10-16-32)37(45)35(21-34-23-39-27-41-34)42-38(46)47-26-30-11-5-2-6-12-30/h2-20,23,27-28,35H,21-22,24-26H2,1H3,(H,39,41)(H,40,44)(H,42,46)/t28?,35-/m0/s1. The maximum absolute atomic E-state index is 14.2. The van der Waals surface area contributed by atoms with Gasteiger partial charge < -0.3 is 25.3 Å². The number of amides is 3. The first-order valence-electron chi connectivity index (χ1n) is 15.6. The van der Waals surface area contributed by atoms with Crippen LogP contribution in [-0.4, -0.2) is 51.9 Å². The first-order chi connectivity index (χ1) is 22.9. The van der Waals surface area contributed by atoms with Gasteiger partial charge in [-0.3, -0.25) is 9.59 Å². The summed E-state index contributed by atoms with van der Waals surface area (Å²) in [7, 11) is 0. The number of carbonyl (C=O) groups excluding carboxylic acids is 3. The molecule has 0 saturated heterocycles. The zero-order valence-electron chi connectivity index (χ0n) is 26.3. The Morgan fingerprint density at radius 1 is 0.809 bits per heavy atom. The molecular weight excluding hydrogens is 590 g/mol. The smallest absolute Gasteiger partial charge is 0.408 e. The number of nitrogens with one attached hydrogen (secondary N) is 3. The van der Waals surface area contributed by atoms with Gasteiger partial charge in [0.25, 0.3) is 0 Å². The second kappa shape index (κ2) is 16.6. The lowest BCUT2D eigenvalue weighted by atomic mass is 10.0. The predicted molar refractivity (Wildman–Crippen MR) is 181 cm³/mol. The zero-order chi connectivity index (χ0) is 32.8. The van der Waals surface area contributed by atoms with Crippen molar-refractivity contribution in [3.8, 4) is 11.1 Å². The van der Waals surface area contributed by atoms with Gasteiger partial charge in [0.1, 0.15) is 12.6 Å². The molecule has 2 atom stereocenters. The van der Waals surface area contributed by atoms with Crippen LogP contribution in [0.15, 0.2) is 128 Å². The van der Waals surface area contributed by atoms with E-state index in [0.717, 1.165) is 27.8 Å². The van der Waals surface area contributed by atoms with Crippen molar-refractivity contribution in [1.82, 2.24) is 25.5 Å². The van der Waals surface area contributed by atoms with E-state index in [1.54, 1.807) is 6.20 Å². The molecule has 0 aliphatic rings. The number of hydrogen-bond acceptors (Lipinski definition) is 5. The highest BCUT2D eigenvalue weighted by atomic mass is 16.5. The molecule has 0 spiro atoms. The molecule has 4 aromatic carbocycles. The molecule has 5 aromatic rings. The molecule has 0 bridgehead atoms. The average molecular weight is 630 g/mol. The number of nitrogens with zero attached hydrogens (tertiary/aromatic N) is 2. The maximum atomic E-state index is 14.2. The molecule has 47 heavy (non-hydrogen) atoms. The van der Waals surface area contributed by atoms with Crippen molar-refractivity contribution < 1.29 is 19.1 Å². The van der Waals surface area contributed by atoms with Crippen molar-refractivity contribution in [2.45, 2.75) is 38.5 Å². The van der Waals surface area contributed by atoms with E-state index in [0.29, 0.717) is 12.2 Å². The Morgan fingerprint density at radius 3 is 2.11 bits per heavy atom. The van der Waals surface area contributed by atoms with Gasteiger partial charge >= 0.3 is 6.09 Å². The van der Waals surface area contributed by atoms with E-state index >= 15 is 0 Å². The Balaban J connectivity index is 1.32. The highest BCUT2D eigenvalue weighted by Gasteiger charge is 2.29. The number of H-pyrrole nitrogens is 1. The van der Waals surface area contributed by atoms with Crippen molar-refractivity contribution in [3.05, 3.63) is 150 Å². The lowest BCUT2D eigenvalue weighted by Gasteiger charge is -2.28. The molecule has 0 aliphatic carbocycles. The minimum atomic E-state index is -1.03. The second-order valence-electron chi connectivity index (χ2n) is 11.4. The molecule has 1 heterocycles. The molecule has 1 unspecified atom stereocenters. The van der Waals surface area contributed by atoms with Crippen LogP contribution in [0.3, 0.4) is 0 Å². The van der Waals surface area contributed by atoms with Crippen LogP contribution in [0, 0.1) is 0 Å². The Kier molecular flexibility index (Phi) is 11.5. The number of benzene rings is 4. The predicted octanol–water partition coefficient (Wildman–Crippen LogP) is 5.86. The molecular formula is C38H39N5O4. The molecule has 0 fully saturated rings. The number of alkyl carbamates (subject to hydrolysis) is 1. The molecule has 0 saturated carbocycles. The van der Waals surface area contributed by atoms with Gasteiger partial charge in [0, 0.05) is 25.7 Å². The van der Waals surface area contributed by atoms with Crippen LogP contribution in [0.4, 0.5) is 4.79 Å². The first-order valence-corrected chi connectivity index (χ1v) is 15.6. The lowest BCUT2D eigenvalue weighted by molar-refractivity contribution is -0.138. The summed E-state index contributed by atoms with van der Waals surface area (Å²) < 4.78 is 5.44. The molecule has 9 nitrogen and oxygen atoms in total. The fourth-order valence-corrected chi connectivity index (χ4v) is 5.20. The molecule has 3 amide bonds. The minimum Gasteiger partial charge on any atom is -0.445 e. The molecule has 240 valence electrons. The van der Waals surface area contributed by atoms with E-state index in [-0.39, 0.29) is 37.9 Å². The van der Waals surface area contributed by atoms with Crippen LogP contribution in [0.1, 0.15) is 35.2 Å². The number of rotatable bonds is 14. The molecule has 5 rings (SSSR count). The summed E-state index contributed by atoms with van der Waals surface area (Å²) in [4.78, 5) is 49.1. The summed E-state index contributed by atoms with van der Waals surface area (Å²) in [6.45, 7) is 2.47.